The Kier molecular flexibility index (Phi) is 7.48. The summed E-state index contributed by atoms with van der Waals surface area (Å²) in [5, 5.41) is 3.30. The van der Waals surface area contributed by atoms with E-state index >= 15 is 0 Å². The molecule has 0 aromatic heterocycles. The molecule has 1 aromatic rings. The Morgan fingerprint density at radius 2 is 1.50 bits per heavy atom. The number of nitrogens with one attached hydrogen (secondary N) is 1. The Balaban J connectivity index is 1.25. The molecule has 6 nitrogen and oxygen atoms in total. The summed E-state index contributed by atoms with van der Waals surface area (Å²) < 4.78 is 0. The molecule has 2 aliphatic heterocycles. The van der Waals surface area contributed by atoms with Crippen LogP contribution in [0.2, 0.25) is 0 Å². The monoisotopic (exact) mass is 439 g/mol. The van der Waals surface area contributed by atoms with Crippen LogP contribution in [-0.2, 0) is 14.4 Å². The van der Waals surface area contributed by atoms with Crippen LogP contribution in [0, 0.1) is 18.8 Å². The third-order valence-corrected chi connectivity index (χ3v) is 7.45. The molecule has 1 atom stereocenters. The number of carbonyl (C=O) groups excluding carboxylic acids is 3. The molecule has 1 N–H and O–H groups in total. The third kappa shape index (κ3) is 5.51. The van der Waals surface area contributed by atoms with E-state index in [-0.39, 0.29) is 36.0 Å². The molecule has 3 fully saturated rings. The molecule has 174 valence electrons. The van der Waals surface area contributed by atoms with Gasteiger partial charge in [0.15, 0.2) is 0 Å². The first-order valence-corrected chi connectivity index (χ1v) is 12.5. The molecule has 0 unspecified atom stereocenters. The second-order valence-electron chi connectivity index (χ2n) is 9.89. The second-order valence-corrected chi connectivity index (χ2v) is 9.89. The highest BCUT2D eigenvalue weighted by atomic mass is 16.2. The van der Waals surface area contributed by atoms with E-state index in [0.717, 1.165) is 24.1 Å². The maximum atomic E-state index is 13.1. The SMILES string of the molecule is Cc1ccc(N2C[C@H](C(=O)N3CCC(C(=O)NC4CCCCCCC4)CC3)CC2=O)cc1. The Bertz CT molecular complexity index is 806. The predicted molar refractivity (Wildman–Crippen MR) is 125 cm³/mol. The summed E-state index contributed by atoms with van der Waals surface area (Å²) in [5.41, 5.74) is 2.01. The highest BCUT2D eigenvalue weighted by Gasteiger charge is 2.38. The van der Waals surface area contributed by atoms with Gasteiger partial charge in [-0.05, 0) is 44.7 Å². The lowest BCUT2D eigenvalue weighted by Gasteiger charge is -2.33. The number of likely N-dealkylation sites (tertiary alicyclic amines) is 1. The molecule has 4 rings (SSSR count). The van der Waals surface area contributed by atoms with Gasteiger partial charge < -0.3 is 15.1 Å². The zero-order chi connectivity index (χ0) is 22.5. The molecule has 1 saturated carbocycles. The second kappa shape index (κ2) is 10.5. The van der Waals surface area contributed by atoms with E-state index in [1.807, 2.05) is 36.1 Å². The van der Waals surface area contributed by atoms with E-state index in [2.05, 4.69) is 5.32 Å². The molecule has 3 aliphatic rings. The van der Waals surface area contributed by atoms with Gasteiger partial charge in [-0.15, -0.1) is 0 Å². The minimum absolute atomic E-state index is 0.00115. The van der Waals surface area contributed by atoms with Gasteiger partial charge in [0, 0.05) is 43.7 Å². The fourth-order valence-corrected chi connectivity index (χ4v) is 5.39. The number of amides is 3. The number of anilines is 1. The van der Waals surface area contributed by atoms with Crippen LogP contribution in [0.1, 0.15) is 69.8 Å². The summed E-state index contributed by atoms with van der Waals surface area (Å²) in [5.74, 6) is -0.0420. The fraction of sp³-hybridized carbons (Fsp3) is 0.654. The van der Waals surface area contributed by atoms with Crippen molar-refractivity contribution in [2.24, 2.45) is 11.8 Å². The first kappa shape index (κ1) is 22.8. The number of benzene rings is 1. The molecule has 6 heteroatoms. The normalized spacial score (nSPS) is 23.7. The number of carbonyl (C=O) groups is 3. The van der Waals surface area contributed by atoms with Gasteiger partial charge in [0.1, 0.15) is 0 Å². The van der Waals surface area contributed by atoms with E-state index in [4.69, 9.17) is 0 Å². The van der Waals surface area contributed by atoms with Crippen molar-refractivity contribution < 1.29 is 14.4 Å². The van der Waals surface area contributed by atoms with Gasteiger partial charge in [-0.2, -0.15) is 0 Å². The maximum Gasteiger partial charge on any atom is 0.228 e. The summed E-state index contributed by atoms with van der Waals surface area (Å²) in [4.78, 5) is 42.0. The molecule has 1 aliphatic carbocycles. The maximum absolute atomic E-state index is 13.1. The van der Waals surface area contributed by atoms with E-state index in [1.54, 1.807) is 4.90 Å². The van der Waals surface area contributed by atoms with E-state index in [0.29, 0.717) is 38.5 Å². The number of rotatable bonds is 4. The molecule has 0 radical (unpaired) electrons. The Labute approximate surface area is 191 Å². The standard InChI is InChI=1S/C26H37N3O3/c1-19-9-11-23(12-10-19)29-18-21(17-24(29)30)26(32)28-15-13-20(14-16-28)25(31)27-22-7-5-3-2-4-6-8-22/h9-12,20-22H,2-8,13-18H2,1H3,(H,27,31)/t21-/m1/s1. The van der Waals surface area contributed by atoms with Crippen molar-refractivity contribution in [3.63, 3.8) is 0 Å². The molecule has 3 amide bonds. The zero-order valence-electron chi connectivity index (χ0n) is 19.4. The topological polar surface area (TPSA) is 69.7 Å². The largest absolute Gasteiger partial charge is 0.353 e. The fourth-order valence-electron chi connectivity index (χ4n) is 5.39. The lowest BCUT2D eigenvalue weighted by Crippen LogP contribution is -2.47. The average Bonchev–Trinajstić information content (AvgIpc) is 3.17. The van der Waals surface area contributed by atoms with Crippen LogP contribution in [0.4, 0.5) is 5.69 Å². The van der Waals surface area contributed by atoms with E-state index in [1.165, 1.54) is 32.1 Å². The van der Waals surface area contributed by atoms with Gasteiger partial charge in [0.25, 0.3) is 0 Å². The van der Waals surface area contributed by atoms with Crippen LogP contribution in [0.25, 0.3) is 0 Å². The van der Waals surface area contributed by atoms with Gasteiger partial charge in [0.05, 0.1) is 5.92 Å². The van der Waals surface area contributed by atoms with Gasteiger partial charge in [-0.3, -0.25) is 14.4 Å². The number of nitrogens with zero attached hydrogens (tertiary/aromatic N) is 2. The van der Waals surface area contributed by atoms with Crippen molar-refractivity contribution in [1.29, 1.82) is 0 Å². The highest BCUT2D eigenvalue weighted by Crippen LogP contribution is 2.28. The Morgan fingerprint density at radius 3 is 2.16 bits per heavy atom. The minimum atomic E-state index is -0.288. The number of aryl methyl sites for hydroxylation is 1. The average molecular weight is 440 g/mol. The van der Waals surface area contributed by atoms with Gasteiger partial charge in [-0.25, -0.2) is 0 Å². The van der Waals surface area contributed by atoms with E-state index < -0.39 is 0 Å². The van der Waals surface area contributed by atoms with Gasteiger partial charge >= 0.3 is 0 Å². The third-order valence-electron chi connectivity index (χ3n) is 7.45. The van der Waals surface area contributed by atoms with Crippen molar-refractivity contribution in [2.45, 2.75) is 77.2 Å². The van der Waals surface area contributed by atoms with Crippen molar-refractivity contribution in [3.8, 4) is 0 Å². The summed E-state index contributed by atoms with van der Waals surface area (Å²) in [6.07, 6.45) is 10.2. The lowest BCUT2D eigenvalue weighted by molar-refractivity contribution is -0.139. The summed E-state index contributed by atoms with van der Waals surface area (Å²) in [6, 6.07) is 8.19. The molecule has 0 bridgehead atoms. The zero-order valence-corrected chi connectivity index (χ0v) is 19.4. The number of hydrogen-bond donors (Lipinski definition) is 1. The molecule has 32 heavy (non-hydrogen) atoms. The van der Waals surface area contributed by atoms with Crippen molar-refractivity contribution >= 4 is 23.4 Å². The van der Waals surface area contributed by atoms with Crippen molar-refractivity contribution in [2.75, 3.05) is 24.5 Å². The smallest absolute Gasteiger partial charge is 0.228 e. The highest BCUT2D eigenvalue weighted by molar-refractivity contribution is 6.00. The molecular formula is C26H37N3O3. The Hall–Kier alpha value is -2.37. The summed E-state index contributed by atoms with van der Waals surface area (Å²) in [7, 11) is 0. The molecule has 2 heterocycles. The van der Waals surface area contributed by atoms with Crippen LogP contribution in [0.15, 0.2) is 24.3 Å². The molecule has 2 saturated heterocycles. The summed E-state index contributed by atoms with van der Waals surface area (Å²) in [6.45, 7) is 3.68. The minimum Gasteiger partial charge on any atom is -0.353 e. The van der Waals surface area contributed by atoms with Crippen LogP contribution >= 0.6 is 0 Å². The van der Waals surface area contributed by atoms with E-state index in [9.17, 15) is 14.4 Å². The molecule has 0 spiro atoms. The number of piperidine rings is 1. The van der Waals surface area contributed by atoms with Crippen LogP contribution in [0.5, 0.6) is 0 Å². The van der Waals surface area contributed by atoms with Gasteiger partial charge in [0.2, 0.25) is 17.7 Å². The number of hydrogen-bond acceptors (Lipinski definition) is 3. The first-order valence-electron chi connectivity index (χ1n) is 12.5. The van der Waals surface area contributed by atoms with Crippen molar-refractivity contribution in [3.05, 3.63) is 29.8 Å². The molecule has 1 aromatic carbocycles. The molecular weight excluding hydrogens is 402 g/mol. The Morgan fingerprint density at radius 1 is 0.875 bits per heavy atom. The predicted octanol–water partition coefficient (Wildman–Crippen LogP) is 3.82. The lowest BCUT2D eigenvalue weighted by atomic mass is 9.92. The van der Waals surface area contributed by atoms with Crippen LogP contribution < -0.4 is 10.2 Å². The first-order chi connectivity index (χ1) is 15.5. The summed E-state index contributed by atoms with van der Waals surface area (Å²) >= 11 is 0. The van der Waals surface area contributed by atoms with Crippen LogP contribution in [0.3, 0.4) is 0 Å². The van der Waals surface area contributed by atoms with Gasteiger partial charge in [-0.1, -0.05) is 49.8 Å². The van der Waals surface area contributed by atoms with Crippen LogP contribution in [-0.4, -0.2) is 48.3 Å². The van der Waals surface area contributed by atoms with Crippen molar-refractivity contribution in [1.82, 2.24) is 10.2 Å². The quantitative estimate of drug-likeness (QED) is 0.775.